The lowest BCUT2D eigenvalue weighted by atomic mass is 10.2. The van der Waals surface area contributed by atoms with E-state index in [-0.39, 0.29) is 15.7 Å². The van der Waals surface area contributed by atoms with Gasteiger partial charge in [0.2, 0.25) is 0 Å². The number of hydrogen-bond donors (Lipinski definition) is 1. The number of halogens is 4. The summed E-state index contributed by atoms with van der Waals surface area (Å²) in [5.41, 5.74) is -1.87. The van der Waals surface area contributed by atoms with Gasteiger partial charge in [-0.2, -0.15) is 18.3 Å². The van der Waals surface area contributed by atoms with Crippen molar-refractivity contribution < 1.29 is 27.5 Å². The van der Waals surface area contributed by atoms with Gasteiger partial charge in [-0.1, -0.05) is 22.9 Å². The normalized spacial score (nSPS) is 11.3. The fourth-order valence-electron chi connectivity index (χ4n) is 2.26. The van der Waals surface area contributed by atoms with Crippen LogP contribution in [0.3, 0.4) is 0 Å². The highest BCUT2D eigenvalue weighted by Crippen LogP contribution is 2.34. The lowest BCUT2D eigenvalue weighted by Crippen LogP contribution is -2.20. The van der Waals surface area contributed by atoms with Crippen LogP contribution >= 0.6 is 22.9 Å². The zero-order chi connectivity index (χ0) is 20.5. The van der Waals surface area contributed by atoms with Crippen LogP contribution in [-0.2, 0) is 10.9 Å². The Bertz CT molecular complexity index is 1030. The molecule has 0 aliphatic carbocycles. The smallest absolute Gasteiger partial charge is 0.434 e. The van der Waals surface area contributed by atoms with Crippen LogP contribution in [-0.4, -0.2) is 33.8 Å². The third-order valence-electron chi connectivity index (χ3n) is 3.47. The average Bonchev–Trinajstić information content (AvgIpc) is 3.28. The minimum absolute atomic E-state index is 0.0576. The molecule has 28 heavy (non-hydrogen) atoms. The van der Waals surface area contributed by atoms with E-state index in [2.05, 4.69) is 20.1 Å². The maximum atomic E-state index is 13.6. The summed E-state index contributed by atoms with van der Waals surface area (Å²) in [6.45, 7) is 0. The molecule has 12 heteroatoms. The topological polar surface area (TPSA) is 86.1 Å². The molecule has 146 valence electrons. The number of thiazole rings is 1. The molecule has 3 aromatic rings. The SMILES string of the molecule is COC(=O)c1cnc(NC(=O)c2cnn(-c3ccc(Cl)cc3)c2C(F)(F)F)s1. The van der Waals surface area contributed by atoms with Gasteiger partial charge in [0.25, 0.3) is 5.91 Å². The number of amides is 1. The number of hydrogen-bond acceptors (Lipinski definition) is 6. The first-order chi connectivity index (χ1) is 13.2. The van der Waals surface area contributed by atoms with Gasteiger partial charge in [0.15, 0.2) is 10.8 Å². The number of benzene rings is 1. The lowest BCUT2D eigenvalue weighted by Gasteiger charge is -2.12. The molecule has 0 bridgehead atoms. The third kappa shape index (κ3) is 3.99. The Hall–Kier alpha value is -2.92. The van der Waals surface area contributed by atoms with Crippen LogP contribution in [0.25, 0.3) is 5.69 Å². The molecule has 1 amide bonds. The Morgan fingerprint density at radius 2 is 1.89 bits per heavy atom. The number of rotatable bonds is 4. The van der Waals surface area contributed by atoms with Crippen molar-refractivity contribution in [2.75, 3.05) is 12.4 Å². The summed E-state index contributed by atoms with van der Waals surface area (Å²) in [7, 11) is 1.17. The second kappa shape index (κ2) is 7.60. The quantitative estimate of drug-likeness (QED) is 0.631. The first kappa shape index (κ1) is 19.8. The van der Waals surface area contributed by atoms with E-state index < -0.39 is 29.3 Å². The van der Waals surface area contributed by atoms with Gasteiger partial charge in [0.05, 0.1) is 30.8 Å². The second-order valence-corrected chi connectivity index (χ2v) is 6.74. The van der Waals surface area contributed by atoms with E-state index in [4.69, 9.17) is 11.6 Å². The number of anilines is 1. The average molecular weight is 431 g/mol. The molecule has 2 aromatic heterocycles. The number of carbonyl (C=O) groups excluding carboxylic acids is 2. The molecular formula is C16H10ClF3N4O3S. The molecule has 0 aliphatic rings. The fourth-order valence-corrected chi connectivity index (χ4v) is 3.11. The van der Waals surface area contributed by atoms with E-state index >= 15 is 0 Å². The molecule has 3 rings (SSSR count). The summed E-state index contributed by atoms with van der Waals surface area (Å²) in [5.74, 6) is -1.75. The summed E-state index contributed by atoms with van der Waals surface area (Å²) in [4.78, 5) is 27.7. The van der Waals surface area contributed by atoms with Gasteiger partial charge in [0.1, 0.15) is 4.88 Å². The Kier molecular flexibility index (Phi) is 5.38. The highest BCUT2D eigenvalue weighted by atomic mass is 35.5. The number of nitrogens with one attached hydrogen (secondary N) is 1. The summed E-state index contributed by atoms with van der Waals surface area (Å²) in [6, 6.07) is 5.50. The maximum absolute atomic E-state index is 13.6. The molecule has 0 saturated carbocycles. The van der Waals surface area contributed by atoms with E-state index in [1.807, 2.05) is 0 Å². The number of carbonyl (C=O) groups is 2. The van der Waals surface area contributed by atoms with Crippen LogP contribution in [0.2, 0.25) is 5.02 Å². The van der Waals surface area contributed by atoms with Crippen LogP contribution in [0.5, 0.6) is 0 Å². The molecule has 0 fully saturated rings. The van der Waals surface area contributed by atoms with Gasteiger partial charge in [-0.05, 0) is 24.3 Å². The maximum Gasteiger partial charge on any atom is 0.434 e. The van der Waals surface area contributed by atoms with Crippen molar-refractivity contribution in [2.24, 2.45) is 0 Å². The third-order valence-corrected chi connectivity index (χ3v) is 4.61. The largest absolute Gasteiger partial charge is 0.465 e. The van der Waals surface area contributed by atoms with Crippen molar-refractivity contribution >= 4 is 39.9 Å². The lowest BCUT2D eigenvalue weighted by molar-refractivity contribution is -0.143. The molecule has 0 saturated heterocycles. The van der Waals surface area contributed by atoms with Crippen LogP contribution in [0.4, 0.5) is 18.3 Å². The molecule has 0 radical (unpaired) electrons. The van der Waals surface area contributed by atoms with Crippen molar-refractivity contribution in [3.8, 4) is 5.69 Å². The monoisotopic (exact) mass is 430 g/mol. The molecule has 0 spiro atoms. The highest BCUT2D eigenvalue weighted by Gasteiger charge is 2.40. The van der Waals surface area contributed by atoms with E-state index in [1.54, 1.807) is 0 Å². The molecular weight excluding hydrogens is 421 g/mol. The van der Waals surface area contributed by atoms with E-state index in [9.17, 15) is 22.8 Å². The number of alkyl halides is 3. The number of ether oxygens (including phenoxy) is 1. The number of methoxy groups -OCH3 is 1. The molecule has 1 N–H and O–H groups in total. The van der Waals surface area contributed by atoms with E-state index in [1.165, 1.54) is 31.4 Å². The van der Waals surface area contributed by atoms with Crippen LogP contribution < -0.4 is 5.32 Å². The molecule has 0 aliphatic heterocycles. The summed E-state index contributed by atoms with van der Waals surface area (Å²) >= 11 is 6.52. The Morgan fingerprint density at radius 3 is 2.50 bits per heavy atom. The summed E-state index contributed by atoms with van der Waals surface area (Å²) < 4.78 is 46.0. The minimum atomic E-state index is -4.86. The molecule has 7 nitrogen and oxygen atoms in total. The van der Waals surface area contributed by atoms with Crippen LogP contribution in [0.1, 0.15) is 25.7 Å². The number of aromatic nitrogens is 3. The zero-order valence-electron chi connectivity index (χ0n) is 14.0. The second-order valence-electron chi connectivity index (χ2n) is 5.27. The van der Waals surface area contributed by atoms with Crippen LogP contribution in [0.15, 0.2) is 36.7 Å². The highest BCUT2D eigenvalue weighted by molar-refractivity contribution is 7.17. The Morgan fingerprint density at radius 1 is 1.21 bits per heavy atom. The predicted molar refractivity (Wildman–Crippen MR) is 95.0 cm³/mol. The standard InChI is InChI=1S/C16H10ClF3N4O3S/c1-27-14(26)11-7-21-15(28-11)23-13(25)10-6-22-24(12(10)16(18,19)20)9-4-2-8(17)3-5-9/h2-7H,1H3,(H,21,23,25). The van der Waals surface area contributed by atoms with Gasteiger partial charge >= 0.3 is 12.1 Å². The first-order valence-electron chi connectivity index (χ1n) is 7.47. The Labute approximate surface area is 164 Å². The number of esters is 1. The van der Waals surface area contributed by atoms with Crippen molar-refractivity contribution in [3.63, 3.8) is 0 Å². The molecule has 0 unspecified atom stereocenters. The van der Waals surface area contributed by atoms with Crippen LogP contribution in [0, 0.1) is 0 Å². The Balaban J connectivity index is 1.95. The van der Waals surface area contributed by atoms with Gasteiger partial charge in [-0.25, -0.2) is 14.5 Å². The zero-order valence-corrected chi connectivity index (χ0v) is 15.5. The molecule has 0 atom stereocenters. The molecule has 1 aromatic carbocycles. The summed E-state index contributed by atoms with van der Waals surface area (Å²) in [5, 5.41) is 6.21. The molecule has 2 heterocycles. The van der Waals surface area contributed by atoms with Gasteiger partial charge < -0.3 is 4.74 Å². The fraction of sp³-hybridized carbons (Fsp3) is 0.125. The van der Waals surface area contributed by atoms with E-state index in [0.717, 1.165) is 23.7 Å². The summed E-state index contributed by atoms with van der Waals surface area (Å²) in [6.07, 6.45) is -2.90. The van der Waals surface area contributed by atoms with Gasteiger partial charge in [-0.3, -0.25) is 10.1 Å². The van der Waals surface area contributed by atoms with Crippen molar-refractivity contribution in [3.05, 3.63) is 57.8 Å². The van der Waals surface area contributed by atoms with Gasteiger partial charge in [-0.15, -0.1) is 0 Å². The van der Waals surface area contributed by atoms with Gasteiger partial charge in [0, 0.05) is 5.02 Å². The van der Waals surface area contributed by atoms with Crippen molar-refractivity contribution in [1.82, 2.24) is 14.8 Å². The van der Waals surface area contributed by atoms with Crippen molar-refractivity contribution in [1.29, 1.82) is 0 Å². The van der Waals surface area contributed by atoms with Crippen molar-refractivity contribution in [2.45, 2.75) is 6.18 Å². The minimum Gasteiger partial charge on any atom is -0.465 e. The predicted octanol–water partition coefficient (Wildman–Crippen LogP) is 4.04. The number of nitrogens with zero attached hydrogens (tertiary/aromatic N) is 3. The first-order valence-corrected chi connectivity index (χ1v) is 8.67. The van der Waals surface area contributed by atoms with E-state index in [0.29, 0.717) is 9.70 Å².